The Morgan fingerprint density at radius 2 is 2.54 bits per heavy atom. The van der Waals surface area contributed by atoms with Gasteiger partial charge in [-0.3, -0.25) is 4.79 Å². The van der Waals surface area contributed by atoms with Gasteiger partial charge in [-0.15, -0.1) is 11.3 Å². The predicted molar refractivity (Wildman–Crippen MR) is 52.5 cm³/mol. The highest BCUT2D eigenvalue weighted by Crippen LogP contribution is 2.02. The van der Waals surface area contributed by atoms with Crippen LogP contribution in [0.5, 0.6) is 0 Å². The molecule has 0 aliphatic rings. The lowest BCUT2D eigenvalue weighted by molar-refractivity contribution is -0.122. The minimum absolute atomic E-state index is 0.00213. The maximum absolute atomic E-state index is 11.3. The topological polar surface area (TPSA) is 54.0 Å². The normalized spacial score (nSPS) is 12.5. The van der Waals surface area contributed by atoms with Gasteiger partial charge in [-0.2, -0.15) is 0 Å². The molecular weight excluding hydrogens is 186 g/mol. The number of carbonyl (C=O) groups excluding carboxylic acids is 1. The zero-order chi connectivity index (χ0) is 9.68. The Kier molecular flexibility index (Phi) is 3.85. The molecule has 5 heteroatoms. The number of rotatable bonds is 4. The van der Waals surface area contributed by atoms with Gasteiger partial charge >= 0.3 is 0 Å². The molecule has 0 bridgehead atoms. The third-order valence-electron chi connectivity index (χ3n) is 1.72. The smallest absolute Gasteiger partial charge is 0.237 e. The predicted octanol–water partition coefficient (Wildman–Crippen LogP) is 0.367. The van der Waals surface area contributed by atoms with Crippen LogP contribution in [0.2, 0.25) is 0 Å². The maximum Gasteiger partial charge on any atom is 0.237 e. The largest absolute Gasteiger partial charge is 0.348 e. The van der Waals surface area contributed by atoms with Crippen LogP contribution in [0.25, 0.3) is 0 Å². The van der Waals surface area contributed by atoms with Gasteiger partial charge in [-0.05, 0) is 14.0 Å². The quantitative estimate of drug-likeness (QED) is 0.736. The van der Waals surface area contributed by atoms with Crippen molar-refractivity contribution in [3.63, 3.8) is 0 Å². The first-order chi connectivity index (χ1) is 6.24. The van der Waals surface area contributed by atoms with Gasteiger partial charge in [0.15, 0.2) is 0 Å². The molecule has 0 saturated carbocycles. The molecule has 0 aromatic carbocycles. The van der Waals surface area contributed by atoms with Crippen LogP contribution in [0.3, 0.4) is 0 Å². The molecule has 0 aliphatic heterocycles. The fourth-order valence-electron chi connectivity index (χ4n) is 0.787. The summed E-state index contributed by atoms with van der Waals surface area (Å²) in [5.74, 6) is -0.00213. The molecule has 13 heavy (non-hydrogen) atoms. The lowest BCUT2D eigenvalue weighted by Gasteiger charge is -2.09. The number of carbonyl (C=O) groups is 1. The summed E-state index contributed by atoms with van der Waals surface area (Å²) in [4.78, 5) is 15.3. The fourth-order valence-corrected chi connectivity index (χ4v) is 1.34. The second-order valence-corrected chi connectivity index (χ2v) is 3.63. The Labute approximate surface area is 81.4 Å². The molecule has 1 atom stereocenters. The van der Waals surface area contributed by atoms with Crippen molar-refractivity contribution in [1.29, 1.82) is 0 Å². The molecule has 0 radical (unpaired) electrons. The number of amides is 1. The highest BCUT2D eigenvalue weighted by molar-refractivity contribution is 7.09. The fraction of sp³-hybridized carbons (Fsp3) is 0.500. The van der Waals surface area contributed by atoms with E-state index in [0.29, 0.717) is 6.54 Å². The van der Waals surface area contributed by atoms with Gasteiger partial charge in [-0.25, -0.2) is 4.98 Å². The van der Waals surface area contributed by atoms with E-state index in [0.717, 1.165) is 5.01 Å². The Hall–Kier alpha value is -0.940. The number of nitrogens with zero attached hydrogens (tertiary/aromatic N) is 1. The van der Waals surface area contributed by atoms with Crippen molar-refractivity contribution in [3.05, 3.63) is 16.6 Å². The second-order valence-electron chi connectivity index (χ2n) is 2.65. The first kappa shape index (κ1) is 10.1. The van der Waals surface area contributed by atoms with Gasteiger partial charge < -0.3 is 10.6 Å². The molecule has 0 saturated heterocycles. The summed E-state index contributed by atoms with van der Waals surface area (Å²) in [6.45, 7) is 2.33. The third-order valence-corrected chi connectivity index (χ3v) is 2.50. The van der Waals surface area contributed by atoms with E-state index in [1.165, 1.54) is 11.3 Å². The summed E-state index contributed by atoms with van der Waals surface area (Å²) in [7, 11) is 1.76. The van der Waals surface area contributed by atoms with Crippen LogP contribution in [0.1, 0.15) is 11.9 Å². The summed E-state index contributed by atoms with van der Waals surface area (Å²) < 4.78 is 0. The summed E-state index contributed by atoms with van der Waals surface area (Å²) >= 11 is 1.54. The maximum atomic E-state index is 11.3. The van der Waals surface area contributed by atoms with Crippen molar-refractivity contribution in [2.45, 2.75) is 19.5 Å². The summed E-state index contributed by atoms with van der Waals surface area (Å²) in [5.41, 5.74) is 0. The minimum atomic E-state index is -0.153. The van der Waals surface area contributed by atoms with Crippen LogP contribution in [0.4, 0.5) is 0 Å². The van der Waals surface area contributed by atoms with Gasteiger partial charge in [0.05, 0.1) is 12.6 Å². The first-order valence-corrected chi connectivity index (χ1v) is 4.95. The molecule has 1 heterocycles. The van der Waals surface area contributed by atoms with E-state index < -0.39 is 0 Å². The van der Waals surface area contributed by atoms with Crippen LogP contribution < -0.4 is 10.6 Å². The van der Waals surface area contributed by atoms with Crippen molar-refractivity contribution in [2.75, 3.05) is 7.05 Å². The van der Waals surface area contributed by atoms with E-state index in [1.807, 2.05) is 12.3 Å². The Morgan fingerprint density at radius 3 is 3.08 bits per heavy atom. The number of likely N-dealkylation sites (N-methyl/N-ethyl adjacent to an activating group) is 1. The van der Waals surface area contributed by atoms with Gasteiger partial charge in [-0.1, -0.05) is 0 Å². The van der Waals surface area contributed by atoms with Crippen LogP contribution in [-0.2, 0) is 11.3 Å². The van der Waals surface area contributed by atoms with E-state index >= 15 is 0 Å². The van der Waals surface area contributed by atoms with E-state index in [4.69, 9.17) is 0 Å². The zero-order valence-electron chi connectivity index (χ0n) is 7.70. The number of hydrogen-bond acceptors (Lipinski definition) is 4. The zero-order valence-corrected chi connectivity index (χ0v) is 8.52. The second kappa shape index (κ2) is 4.94. The minimum Gasteiger partial charge on any atom is -0.348 e. The molecule has 0 fully saturated rings. The van der Waals surface area contributed by atoms with Gasteiger partial charge in [0, 0.05) is 11.6 Å². The average molecular weight is 199 g/mol. The van der Waals surface area contributed by atoms with Crippen LogP contribution in [0.15, 0.2) is 11.6 Å². The average Bonchev–Trinajstić information content (AvgIpc) is 2.65. The van der Waals surface area contributed by atoms with Crippen molar-refractivity contribution in [1.82, 2.24) is 15.6 Å². The number of aromatic nitrogens is 1. The first-order valence-electron chi connectivity index (χ1n) is 4.07. The Bertz CT molecular complexity index is 260. The number of hydrogen-bond donors (Lipinski definition) is 2. The molecule has 1 amide bonds. The van der Waals surface area contributed by atoms with Crippen LogP contribution >= 0.6 is 11.3 Å². The van der Waals surface area contributed by atoms with Gasteiger partial charge in [0.2, 0.25) is 5.91 Å². The van der Waals surface area contributed by atoms with Crippen molar-refractivity contribution in [3.8, 4) is 0 Å². The molecule has 2 N–H and O–H groups in total. The van der Waals surface area contributed by atoms with E-state index in [-0.39, 0.29) is 11.9 Å². The highest BCUT2D eigenvalue weighted by Gasteiger charge is 2.09. The van der Waals surface area contributed by atoms with Crippen LogP contribution in [0, 0.1) is 0 Å². The molecule has 1 aromatic rings. The van der Waals surface area contributed by atoms with Gasteiger partial charge in [0.25, 0.3) is 0 Å². The molecule has 1 unspecified atom stereocenters. The van der Waals surface area contributed by atoms with Crippen molar-refractivity contribution >= 4 is 17.2 Å². The monoisotopic (exact) mass is 199 g/mol. The standard InChI is InChI=1S/C8H13N3OS/c1-6(9-2)8(12)11-5-7-10-3-4-13-7/h3-4,6,9H,5H2,1-2H3,(H,11,12). The molecule has 0 aliphatic carbocycles. The Morgan fingerprint density at radius 1 is 1.77 bits per heavy atom. The van der Waals surface area contributed by atoms with Crippen LogP contribution in [-0.4, -0.2) is 24.0 Å². The van der Waals surface area contributed by atoms with E-state index in [9.17, 15) is 4.79 Å². The van der Waals surface area contributed by atoms with E-state index in [1.54, 1.807) is 13.2 Å². The van der Waals surface area contributed by atoms with Crippen molar-refractivity contribution < 1.29 is 4.79 Å². The number of nitrogens with one attached hydrogen (secondary N) is 2. The summed E-state index contributed by atoms with van der Waals surface area (Å²) in [6.07, 6.45) is 1.73. The SMILES string of the molecule is CNC(C)C(=O)NCc1nccs1. The molecular formula is C8H13N3OS. The lowest BCUT2D eigenvalue weighted by Crippen LogP contribution is -2.39. The molecule has 1 rings (SSSR count). The molecule has 4 nitrogen and oxygen atoms in total. The summed E-state index contributed by atoms with van der Waals surface area (Å²) in [6, 6.07) is -0.153. The molecule has 72 valence electrons. The lowest BCUT2D eigenvalue weighted by atomic mass is 10.3. The summed E-state index contributed by atoms with van der Waals surface area (Å²) in [5, 5.41) is 8.47. The molecule has 1 aromatic heterocycles. The third kappa shape index (κ3) is 3.12. The van der Waals surface area contributed by atoms with Gasteiger partial charge in [0.1, 0.15) is 5.01 Å². The van der Waals surface area contributed by atoms with Crippen molar-refractivity contribution in [2.24, 2.45) is 0 Å². The van der Waals surface area contributed by atoms with E-state index in [2.05, 4.69) is 15.6 Å². The highest BCUT2D eigenvalue weighted by atomic mass is 32.1. The number of thiazole rings is 1. The molecule has 0 spiro atoms. The Balaban J connectivity index is 2.31.